The minimum Gasteiger partial charge on any atom is -0.480 e. The van der Waals surface area contributed by atoms with E-state index >= 15 is 0 Å². The smallest absolute Gasteiger partial charge is 0.328 e. The number of sulfonamides is 1. The maximum Gasteiger partial charge on any atom is 0.328 e. The predicted octanol–water partition coefficient (Wildman–Crippen LogP) is 3.08. The van der Waals surface area contributed by atoms with Gasteiger partial charge in [0, 0.05) is 22.7 Å². The Morgan fingerprint density at radius 3 is 2.32 bits per heavy atom. The van der Waals surface area contributed by atoms with Crippen LogP contribution >= 0.6 is 0 Å². The Hall–Kier alpha value is -4.15. The third-order valence-corrected chi connectivity index (χ3v) is 6.28. The van der Waals surface area contributed by atoms with E-state index in [1.54, 1.807) is 60.7 Å². The van der Waals surface area contributed by atoms with Crippen LogP contribution in [0.15, 0.2) is 88.4 Å². The number of carboxylic acid groups (broad SMARTS) is 1. The number of furan rings is 1. The highest BCUT2D eigenvalue weighted by Crippen LogP contribution is 2.27. The number of carbonyl (C=O) groups excluding carboxylic acids is 1. The lowest BCUT2D eigenvalue weighted by atomic mass is 10.0. The molecule has 0 bridgehead atoms. The molecule has 0 saturated heterocycles. The van der Waals surface area contributed by atoms with Gasteiger partial charge in [0.1, 0.15) is 5.58 Å². The number of amides is 1. The lowest BCUT2D eigenvalue weighted by molar-refractivity contribution is -0.140. The van der Waals surface area contributed by atoms with Crippen LogP contribution in [-0.4, -0.2) is 43.2 Å². The Labute approximate surface area is 194 Å². The number of aliphatic carboxylic acids is 1. The Morgan fingerprint density at radius 2 is 1.65 bits per heavy atom. The SMILES string of the molecule is O=C(N[C@@H](CO)C(=O)O)c1ccc(-c2cccc(NS(=O)(=O)c3cc4ccccc4o3)c2)cc1. The van der Waals surface area contributed by atoms with Gasteiger partial charge in [-0.3, -0.25) is 9.52 Å². The van der Waals surface area contributed by atoms with Crippen molar-refractivity contribution in [3.8, 4) is 11.1 Å². The number of fused-ring (bicyclic) bond motifs is 1. The monoisotopic (exact) mass is 480 g/mol. The van der Waals surface area contributed by atoms with E-state index < -0.39 is 34.5 Å². The van der Waals surface area contributed by atoms with Crippen LogP contribution in [0, 0.1) is 0 Å². The Bertz CT molecular complexity index is 1430. The van der Waals surface area contributed by atoms with Crippen LogP contribution in [0.5, 0.6) is 0 Å². The van der Waals surface area contributed by atoms with E-state index in [2.05, 4.69) is 10.0 Å². The molecule has 1 amide bonds. The Kier molecular flexibility index (Phi) is 6.35. The normalized spacial score (nSPS) is 12.3. The molecular formula is C24H20N2O7S. The Morgan fingerprint density at radius 1 is 0.912 bits per heavy atom. The highest BCUT2D eigenvalue weighted by Gasteiger charge is 2.21. The zero-order valence-corrected chi connectivity index (χ0v) is 18.5. The van der Waals surface area contributed by atoms with Gasteiger partial charge in [-0.15, -0.1) is 0 Å². The van der Waals surface area contributed by atoms with E-state index in [1.165, 1.54) is 18.2 Å². The molecule has 1 aromatic heterocycles. The van der Waals surface area contributed by atoms with E-state index in [-0.39, 0.29) is 10.7 Å². The molecule has 0 aliphatic carbocycles. The molecule has 0 aliphatic rings. The van der Waals surface area contributed by atoms with Crippen LogP contribution in [0.1, 0.15) is 10.4 Å². The second kappa shape index (κ2) is 9.38. The number of hydrogen-bond acceptors (Lipinski definition) is 6. The molecule has 0 unspecified atom stereocenters. The zero-order valence-electron chi connectivity index (χ0n) is 17.6. The summed E-state index contributed by atoms with van der Waals surface area (Å²) in [5.41, 5.74) is 2.40. The minimum atomic E-state index is -3.95. The molecular weight excluding hydrogens is 460 g/mol. The summed E-state index contributed by atoms with van der Waals surface area (Å²) >= 11 is 0. The molecule has 174 valence electrons. The van der Waals surface area contributed by atoms with Crippen LogP contribution in [0.3, 0.4) is 0 Å². The number of carboxylic acids is 1. The standard InChI is InChI=1S/C24H20N2O7S/c27-14-20(24(29)30)25-23(28)16-10-8-15(9-11-16)17-5-3-6-19(12-17)26-34(31,32)22-13-18-4-1-2-7-21(18)33-22/h1-13,20,26-27H,14H2,(H,25,28)(H,29,30)/t20-/m0/s1. The lowest BCUT2D eigenvalue weighted by Crippen LogP contribution is -2.43. The quantitative estimate of drug-likeness (QED) is 0.303. The van der Waals surface area contributed by atoms with Crippen molar-refractivity contribution in [2.24, 2.45) is 0 Å². The maximum absolute atomic E-state index is 12.8. The molecule has 0 aliphatic heterocycles. The number of rotatable bonds is 8. The maximum atomic E-state index is 12.8. The summed E-state index contributed by atoms with van der Waals surface area (Å²) in [6.07, 6.45) is 0. The first-order valence-corrected chi connectivity index (χ1v) is 11.6. The molecule has 0 spiro atoms. The van der Waals surface area contributed by atoms with Gasteiger partial charge in [0.25, 0.3) is 15.9 Å². The molecule has 0 radical (unpaired) electrons. The van der Waals surface area contributed by atoms with Crippen molar-refractivity contribution < 1.29 is 32.6 Å². The highest BCUT2D eigenvalue weighted by molar-refractivity contribution is 7.92. The van der Waals surface area contributed by atoms with Gasteiger partial charge in [-0.05, 0) is 41.5 Å². The van der Waals surface area contributed by atoms with Gasteiger partial charge in [-0.1, -0.05) is 42.5 Å². The van der Waals surface area contributed by atoms with Gasteiger partial charge >= 0.3 is 5.97 Å². The fourth-order valence-electron chi connectivity index (χ4n) is 3.30. The number of para-hydroxylation sites is 1. The van der Waals surface area contributed by atoms with Crippen LogP contribution < -0.4 is 10.0 Å². The van der Waals surface area contributed by atoms with Gasteiger partial charge in [0.05, 0.1) is 6.61 Å². The summed E-state index contributed by atoms with van der Waals surface area (Å²) in [7, 11) is -3.95. The van der Waals surface area contributed by atoms with E-state index in [4.69, 9.17) is 14.6 Å². The average molecular weight is 480 g/mol. The van der Waals surface area contributed by atoms with Gasteiger partial charge in [-0.2, -0.15) is 8.42 Å². The molecule has 0 saturated carbocycles. The summed E-state index contributed by atoms with van der Waals surface area (Å²) in [5.74, 6) is -1.98. The van der Waals surface area contributed by atoms with E-state index in [9.17, 15) is 18.0 Å². The molecule has 4 aromatic rings. The van der Waals surface area contributed by atoms with Crippen molar-refractivity contribution in [1.82, 2.24) is 5.32 Å². The highest BCUT2D eigenvalue weighted by atomic mass is 32.2. The number of aliphatic hydroxyl groups is 1. The summed E-state index contributed by atoms with van der Waals surface area (Å²) in [6, 6.07) is 20.1. The zero-order chi connectivity index (χ0) is 24.3. The number of anilines is 1. The number of hydrogen-bond donors (Lipinski definition) is 4. The first kappa shape index (κ1) is 23.0. The molecule has 9 nitrogen and oxygen atoms in total. The summed E-state index contributed by atoms with van der Waals surface area (Å²) < 4.78 is 33.6. The summed E-state index contributed by atoms with van der Waals surface area (Å²) in [6.45, 7) is -0.726. The molecule has 10 heteroatoms. The van der Waals surface area contributed by atoms with Crippen molar-refractivity contribution in [3.63, 3.8) is 0 Å². The van der Waals surface area contributed by atoms with Crippen LogP contribution in [0.25, 0.3) is 22.1 Å². The van der Waals surface area contributed by atoms with Crippen molar-refractivity contribution in [2.45, 2.75) is 11.1 Å². The second-order valence-electron chi connectivity index (χ2n) is 7.41. The molecule has 3 aromatic carbocycles. The fourth-order valence-corrected chi connectivity index (χ4v) is 4.32. The van der Waals surface area contributed by atoms with Crippen molar-refractivity contribution in [3.05, 3.63) is 84.4 Å². The van der Waals surface area contributed by atoms with Crippen LogP contribution in [-0.2, 0) is 14.8 Å². The molecule has 4 N–H and O–H groups in total. The molecule has 4 rings (SSSR count). The topological polar surface area (TPSA) is 146 Å². The summed E-state index contributed by atoms with van der Waals surface area (Å²) in [4.78, 5) is 23.2. The molecule has 0 fully saturated rings. The molecule has 1 heterocycles. The number of carbonyl (C=O) groups is 2. The Balaban J connectivity index is 1.52. The largest absolute Gasteiger partial charge is 0.480 e. The van der Waals surface area contributed by atoms with E-state index in [1.807, 2.05) is 0 Å². The van der Waals surface area contributed by atoms with E-state index in [0.717, 1.165) is 0 Å². The van der Waals surface area contributed by atoms with Crippen LogP contribution in [0.2, 0.25) is 0 Å². The number of aliphatic hydroxyl groups excluding tert-OH is 1. The third kappa shape index (κ3) is 4.92. The van der Waals surface area contributed by atoms with Crippen molar-refractivity contribution in [2.75, 3.05) is 11.3 Å². The first-order valence-electron chi connectivity index (χ1n) is 10.1. The average Bonchev–Trinajstić information content (AvgIpc) is 3.28. The van der Waals surface area contributed by atoms with Gasteiger partial charge in [-0.25, -0.2) is 4.79 Å². The van der Waals surface area contributed by atoms with Gasteiger partial charge in [0.15, 0.2) is 6.04 Å². The van der Waals surface area contributed by atoms with Crippen molar-refractivity contribution >= 4 is 38.6 Å². The third-order valence-electron chi connectivity index (χ3n) is 5.05. The van der Waals surface area contributed by atoms with E-state index in [0.29, 0.717) is 27.8 Å². The number of benzene rings is 3. The molecule has 34 heavy (non-hydrogen) atoms. The lowest BCUT2D eigenvalue weighted by Gasteiger charge is -2.12. The fraction of sp³-hybridized carbons (Fsp3) is 0.0833. The van der Waals surface area contributed by atoms with Gasteiger partial charge < -0.3 is 19.9 Å². The molecule has 1 atom stereocenters. The summed E-state index contributed by atoms with van der Waals surface area (Å²) in [5, 5.41) is 20.7. The van der Waals surface area contributed by atoms with Gasteiger partial charge in [0.2, 0.25) is 5.09 Å². The van der Waals surface area contributed by atoms with Crippen LogP contribution in [0.4, 0.5) is 5.69 Å². The predicted molar refractivity (Wildman–Crippen MR) is 125 cm³/mol. The second-order valence-corrected chi connectivity index (χ2v) is 9.03. The van der Waals surface area contributed by atoms with Crippen molar-refractivity contribution in [1.29, 1.82) is 0 Å². The first-order chi connectivity index (χ1) is 16.3. The number of nitrogens with one attached hydrogen (secondary N) is 2. The minimum absolute atomic E-state index is 0.197.